The lowest BCUT2D eigenvalue weighted by Crippen LogP contribution is -2.36. The molecule has 18 heavy (non-hydrogen) atoms. The van der Waals surface area contributed by atoms with Crippen molar-refractivity contribution in [3.63, 3.8) is 0 Å². The Morgan fingerprint density at radius 3 is 2.39 bits per heavy atom. The van der Waals surface area contributed by atoms with E-state index in [4.69, 9.17) is 10.8 Å². The molecule has 3 nitrogen and oxygen atoms in total. The molecule has 0 unspecified atom stereocenters. The van der Waals surface area contributed by atoms with Crippen LogP contribution in [0.15, 0.2) is 36.4 Å². The van der Waals surface area contributed by atoms with Crippen LogP contribution in [0, 0.1) is 0 Å². The molecule has 2 rings (SSSR count). The van der Waals surface area contributed by atoms with Gasteiger partial charge in [-0.15, -0.1) is 0 Å². The molecule has 0 spiro atoms. The van der Waals surface area contributed by atoms with Gasteiger partial charge in [0, 0.05) is 0 Å². The van der Waals surface area contributed by atoms with Gasteiger partial charge in [0.15, 0.2) is 0 Å². The van der Waals surface area contributed by atoms with E-state index < -0.39 is 18.6 Å². The van der Waals surface area contributed by atoms with E-state index >= 15 is 0 Å². The van der Waals surface area contributed by atoms with E-state index in [-0.39, 0.29) is 11.3 Å². The maximum atomic E-state index is 13.3. The minimum absolute atomic E-state index is 0.111. The van der Waals surface area contributed by atoms with Crippen LogP contribution in [0.2, 0.25) is 0 Å². The third kappa shape index (κ3) is 2.27. The molecule has 0 fully saturated rings. The molecule has 0 aromatic heterocycles. The third-order valence-electron chi connectivity index (χ3n) is 2.87. The van der Waals surface area contributed by atoms with Gasteiger partial charge in [0.05, 0.1) is 6.04 Å². The first-order chi connectivity index (χ1) is 8.44. The van der Waals surface area contributed by atoms with Crippen molar-refractivity contribution in [3.05, 3.63) is 42.0 Å². The van der Waals surface area contributed by atoms with E-state index in [2.05, 4.69) is 0 Å². The number of aromatic hydroxyl groups is 1. The van der Waals surface area contributed by atoms with Crippen molar-refractivity contribution in [2.45, 2.75) is 12.0 Å². The van der Waals surface area contributed by atoms with Crippen LogP contribution in [-0.2, 0) is 0 Å². The standard InChI is InChI=1S/C13H13F2NO2/c14-13(15,7-17)12(16)10-2-1-9-6-11(18)4-3-8(9)5-10/h1-6,12,17-18H,7,16H2/t12-/m1/s1. The van der Waals surface area contributed by atoms with E-state index in [0.717, 1.165) is 5.39 Å². The fourth-order valence-electron chi connectivity index (χ4n) is 1.79. The second-order valence-corrected chi connectivity index (χ2v) is 4.19. The molecule has 0 bridgehead atoms. The molecule has 0 saturated carbocycles. The molecule has 0 aliphatic heterocycles. The zero-order valence-corrected chi connectivity index (χ0v) is 9.48. The van der Waals surface area contributed by atoms with E-state index in [9.17, 15) is 13.9 Å². The SMILES string of the molecule is N[C@H](c1ccc2cc(O)ccc2c1)C(F)(F)CO. The number of phenols is 1. The fourth-order valence-corrected chi connectivity index (χ4v) is 1.79. The topological polar surface area (TPSA) is 66.5 Å². The summed E-state index contributed by atoms with van der Waals surface area (Å²) in [6, 6.07) is 7.69. The lowest BCUT2D eigenvalue weighted by Gasteiger charge is -2.21. The highest BCUT2D eigenvalue weighted by atomic mass is 19.3. The van der Waals surface area contributed by atoms with Crippen molar-refractivity contribution < 1.29 is 19.0 Å². The number of aliphatic hydroxyl groups is 1. The molecular weight excluding hydrogens is 240 g/mol. The summed E-state index contributed by atoms with van der Waals surface area (Å²) in [7, 11) is 0. The van der Waals surface area contributed by atoms with Crippen molar-refractivity contribution in [2.75, 3.05) is 6.61 Å². The summed E-state index contributed by atoms with van der Waals surface area (Å²) in [4.78, 5) is 0. The van der Waals surface area contributed by atoms with Crippen LogP contribution in [-0.4, -0.2) is 22.7 Å². The van der Waals surface area contributed by atoms with Gasteiger partial charge in [-0.25, -0.2) is 8.78 Å². The largest absolute Gasteiger partial charge is 0.508 e. The number of rotatable bonds is 3. The number of halogens is 2. The minimum Gasteiger partial charge on any atom is -0.508 e. The molecule has 0 aliphatic rings. The van der Waals surface area contributed by atoms with E-state index in [1.807, 2.05) is 0 Å². The normalized spacial score (nSPS) is 13.8. The number of benzene rings is 2. The Bertz CT molecular complexity index is 572. The second kappa shape index (κ2) is 4.51. The van der Waals surface area contributed by atoms with Crippen molar-refractivity contribution in [1.29, 1.82) is 0 Å². The number of phenolic OH excluding ortho intramolecular Hbond substituents is 1. The quantitative estimate of drug-likeness (QED) is 0.785. The summed E-state index contributed by atoms with van der Waals surface area (Å²) < 4.78 is 26.6. The first-order valence-electron chi connectivity index (χ1n) is 5.41. The average Bonchev–Trinajstić information content (AvgIpc) is 2.37. The maximum absolute atomic E-state index is 13.3. The highest BCUT2D eigenvalue weighted by Gasteiger charge is 2.37. The molecular formula is C13H13F2NO2. The summed E-state index contributed by atoms with van der Waals surface area (Å²) in [6.07, 6.45) is 0. The number of alkyl halides is 2. The Balaban J connectivity index is 2.44. The predicted octanol–water partition coefficient (Wildman–Crippen LogP) is 2.17. The van der Waals surface area contributed by atoms with Gasteiger partial charge >= 0.3 is 0 Å². The smallest absolute Gasteiger partial charge is 0.289 e. The van der Waals surface area contributed by atoms with Crippen molar-refractivity contribution in [3.8, 4) is 5.75 Å². The zero-order valence-electron chi connectivity index (χ0n) is 9.48. The average molecular weight is 253 g/mol. The molecule has 4 N–H and O–H groups in total. The van der Waals surface area contributed by atoms with Crippen LogP contribution in [0.4, 0.5) is 8.78 Å². The Kier molecular flexibility index (Phi) is 3.19. The van der Waals surface area contributed by atoms with Gasteiger partial charge in [-0.1, -0.05) is 18.2 Å². The van der Waals surface area contributed by atoms with E-state index in [1.54, 1.807) is 12.1 Å². The molecule has 0 saturated heterocycles. The van der Waals surface area contributed by atoms with Crippen LogP contribution in [0.5, 0.6) is 5.75 Å². The second-order valence-electron chi connectivity index (χ2n) is 4.19. The van der Waals surface area contributed by atoms with Crippen molar-refractivity contribution in [1.82, 2.24) is 0 Å². The lowest BCUT2D eigenvalue weighted by atomic mass is 9.98. The van der Waals surface area contributed by atoms with Crippen LogP contribution < -0.4 is 5.73 Å². The number of fused-ring (bicyclic) bond motifs is 1. The van der Waals surface area contributed by atoms with E-state index in [1.165, 1.54) is 24.3 Å². The van der Waals surface area contributed by atoms with Gasteiger partial charge in [0.25, 0.3) is 5.92 Å². The number of hydrogen-bond acceptors (Lipinski definition) is 3. The van der Waals surface area contributed by atoms with Crippen LogP contribution in [0.3, 0.4) is 0 Å². The fraction of sp³-hybridized carbons (Fsp3) is 0.231. The molecule has 2 aromatic carbocycles. The molecule has 0 heterocycles. The molecule has 96 valence electrons. The first kappa shape index (κ1) is 12.7. The van der Waals surface area contributed by atoms with Crippen molar-refractivity contribution >= 4 is 10.8 Å². The summed E-state index contributed by atoms with van der Waals surface area (Å²) in [5, 5.41) is 19.3. The Morgan fingerprint density at radius 1 is 1.11 bits per heavy atom. The van der Waals surface area contributed by atoms with Gasteiger partial charge in [0.1, 0.15) is 12.4 Å². The lowest BCUT2D eigenvalue weighted by molar-refractivity contribution is -0.0711. The molecule has 0 amide bonds. The third-order valence-corrected chi connectivity index (χ3v) is 2.87. The predicted molar refractivity (Wildman–Crippen MR) is 64.6 cm³/mol. The first-order valence-corrected chi connectivity index (χ1v) is 5.41. The van der Waals surface area contributed by atoms with Crippen LogP contribution in [0.25, 0.3) is 10.8 Å². The Labute approximate surface area is 102 Å². The molecule has 1 atom stereocenters. The molecule has 2 aromatic rings. The summed E-state index contributed by atoms with van der Waals surface area (Å²) in [6.45, 7) is -1.29. The number of aliphatic hydroxyl groups excluding tert-OH is 1. The summed E-state index contributed by atoms with van der Waals surface area (Å²) in [5.41, 5.74) is 5.69. The van der Waals surface area contributed by atoms with Crippen molar-refractivity contribution in [2.24, 2.45) is 5.73 Å². The van der Waals surface area contributed by atoms with Gasteiger partial charge in [-0.3, -0.25) is 0 Å². The van der Waals surface area contributed by atoms with Gasteiger partial charge in [0.2, 0.25) is 0 Å². The maximum Gasteiger partial charge on any atom is 0.289 e. The highest BCUT2D eigenvalue weighted by Crippen LogP contribution is 2.31. The molecule has 0 radical (unpaired) electrons. The Hall–Kier alpha value is -1.72. The van der Waals surface area contributed by atoms with Gasteiger partial charge in [-0.05, 0) is 34.5 Å². The molecule has 5 heteroatoms. The minimum atomic E-state index is -3.36. The number of nitrogens with two attached hydrogens (primary N) is 1. The monoisotopic (exact) mass is 253 g/mol. The molecule has 0 aliphatic carbocycles. The number of hydrogen-bond donors (Lipinski definition) is 3. The van der Waals surface area contributed by atoms with Crippen LogP contribution in [0.1, 0.15) is 11.6 Å². The van der Waals surface area contributed by atoms with Gasteiger partial charge < -0.3 is 15.9 Å². The summed E-state index contributed by atoms with van der Waals surface area (Å²) >= 11 is 0. The van der Waals surface area contributed by atoms with Crippen LogP contribution >= 0.6 is 0 Å². The Morgan fingerprint density at radius 2 is 1.72 bits per heavy atom. The summed E-state index contributed by atoms with van der Waals surface area (Å²) in [5.74, 6) is -3.25. The van der Waals surface area contributed by atoms with E-state index in [0.29, 0.717) is 5.39 Å². The highest BCUT2D eigenvalue weighted by molar-refractivity contribution is 5.84. The van der Waals surface area contributed by atoms with Gasteiger partial charge in [-0.2, -0.15) is 0 Å². The zero-order chi connectivity index (χ0) is 13.3.